The summed E-state index contributed by atoms with van der Waals surface area (Å²) in [5.41, 5.74) is 4.86. The van der Waals surface area contributed by atoms with Crippen molar-refractivity contribution >= 4 is 15.7 Å². The van der Waals surface area contributed by atoms with E-state index in [2.05, 4.69) is 33.9 Å². The molecule has 162 valence electrons. The Morgan fingerprint density at radius 3 is 2.27 bits per heavy atom. The van der Waals surface area contributed by atoms with E-state index in [1.807, 2.05) is 26.2 Å². The highest BCUT2D eigenvalue weighted by Gasteiger charge is 2.29. The van der Waals surface area contributed by atoms with Crippen molar-refractivity contribution in [2.24, 2.45) is 0 Å². The van der Waals surface area contributed by atoms with Gasteiger partial charge in [-0.2, -0.15) is 0 Å². The van der Waals surface area contributed by atoms with E-state index in [1.165, 1.54) is 40.9 Å². The first-order chi connectivity index (χ1) is 14.4. The highest BCUT2D eigenvalue weighted by Crippen LogP contribution is 2.24. The van der Waals surface area contributed by atoms with Crippen LogP contribution in [-0.2, 0) is 22.9 Å². The molecule has 6 heteroatoms. The number of anilines is 1. The molecule has 1 aliphatic carbocycles. The van der Waals surface area contributed by atoms with Crippen molar-refractivity contribution in [2.75, 3.05) is 38.6 Å². The van der Waals surface area contributed by atoms with Gasteiger partial charge in [-0.3, -0.25) is 0 Å². The minimum Gasteiger partial charge on any atom is -0.378 e. The minimum absolute atomic E-state index is 0.135. The summed E-state index contributed by atoms with van der Waals surface area (Å²) in [5, 5.41) is 0. The van der Waals surface area contributed by atoms with Gasteiger partial charge in [0.25, 0.3) is 0 Å². The summed E-state index contributed by atoms with van der Waals surface area (Å²) in [6, 6.07) is 14.3. The van der Waals surface area contributed by atoms with E-state index in [0.717, 1.165) is 38.0 Å². The lowest BCUT2D eigenvalue weighted by molar-refractivity contribution is -0.918. The number of nitrogens with zero attached hydrogens (tertiary/aromatic N) is 1. The van der Waals surface area contributed by atoms with E-state index in [-0.39, 0.29) is 6.04 Å². The molecule has 5 nitrogen and oxygen atoms in total. The average Bonchev–Trinajstić information content (AvgIpc) is 3.28. The third kappa shape index (κ3) is 4.71. The first kappa shape index (κ1) is 21.3. The summed E-state index contributed by atoms with van der Waals surface area (Å²) in [6.45, 7) is 2.62. The fourth-order valence-electron chi connectivity index (χ4n) is 4.83. The molecular formula is C24H34N3O2S+. The zero-order valence-corrected chi connectivity index (χ0v) is 19.0. The van der Waals surface area contributed by atoms with Crippen molar-refractivity contribution in [1.29, 1.82) is 0 Å². The van der Waals surface area contributed by atoms with Gasteiger partial charge in [-0.1, -0.05) is 18.2 Å². The molecule has 1 fully saturated rings. The fraction of sp³-hybridized carbons (Fsp3) is 0.500. The molecule has 1 atom stereocenters. The van der Waals surface area contributed by atoms with Crippen LogP contribution >= 0.6 is 0 Å². The van der Waals surface area contributed by atoms with Crippen LogP contribution in [0.2, 0.25) is 0 Å². The van der Waals surface area contributed by atoms with Crippen LogP contribution in [0.25, 0.3) is 0 Å². The van der Waals surface area contributed by atoms with E-state index in [1.54, 1.807) is 6.07 Å². The molecule has 2 aliphatic rings. The smallest absolute Gasteiger partial charge is 0.240 e. The lowest BCUT2D eigenvalue weighted by Crippen LogP contribution is -3.11. The van der Waals surface area contributed by atoms with Gasteiger partial charge in [0.2, 0.25) is 10.0 Å². The summed E-state index contributed by atoms with van der Waals surface area (Å²) in [5.74, 6) is 0. The molecule has 0 bridgehead atoms. The van der Waals surface area contributed by atoms with Gasteiger partial charge in [0, 0.05) is 38.2 Å². The highest BCUT2D eigenvalue weighted by molar-refractivity contribution is 7.89. The van der Waals surface area contributed by atoms with Crippen LogP contribution in [-0.4, -0.2) is 42.1 Å². The number of likely N-dealkylation sites (tertiary alicyclic amines) is 1. The molecule has 4 rings (SSSR count). The average molecular weight is 429 g/mol. The summed E-state index contributed by atoms with van der Waals surface area (Å²) >= 11 is 0. The first-order valence-electron chi connectivity index (χ1n) is 11.2. The fourth-order valence-corrected chi connectivity index (χ4v) is 5.93. The molecule has 1 heterocycles. The van der Waals surface area contributed by atoms with Crippen LogP contribution in [0.5, 0.6) is 0 Å². The summed E-state index contributed by atoms with van der Waals surface area (Å²) in [4.78, 5) is 3.96. The Morgan fingerprint density at radius 2 is 1.60 bits per heavy atom. The number of rotatable bonds is 7. The zero-order chi connectivity index (χ0) is 21.1. The van der Waals surface area contributed by atoms with Crippen LogP contribution in [0.1, 0.15) is 48.4 Å². The van der Waals surface area contributed by atoms with Gasteiger partial charge in [0.15, 0.2) is 0 Å². The van der Waals surface area contributed by atoms with Crippen LogP contribution in [0.4, 0.5) is 5.69 Å². The molecule has 0 radical (unpaired) electrons. The molecule has 0 amide bonds. The van der Waals surface area contributed by atoms with Crippen LogP contribution in [0.3, 0.4) is 0 Å². The third-order valence-corrected chi connectivity index (χ3v) is 8.08. The maximum Gasteiger partial charge on any atom is 0.240 e. The van der Waals surface area contributed by atoms with Crippen molar-refractivity contribution in [2.45, 2.75) is 49.5 Å². The molecule has 0 saturated carbocycles. The molecule has 1 aliphatic heterocycles. The molecule has 0 aromatic heterocycles. The van der Waals surface area contributed by atoms with Crippen molar-refractivity contribution in [3.63, 3.8) is 0 Å². The summed E-state index contributed by atoms with van der Waals surface area (Å²) in [7, 11) is 0.546. The minimum atomic E-state index is -3.52. The van der Waals surface area contributed by atoms with Gasteiger partial charge < -0.3 is 9.80 Å². The Kier molecular flexibility index (Phi) is 6.46. The van der Waals surface area contributed by atoms with E-state index in [4.69, 9.17) is 0 Å². The third-order valence-electron chi connectivity index (χ3n) is 6.66. The number of aryl methyl sites for hydroxylation is 2. The van der Waals surface area contributed by atoms with Gasteiger partial charge in [0.1, 0.15) is 6.04 Å². The second-order valence-electron chi connectivity index (χ2n) is 8.89. The highest BCUT2D eigenvalue weighted by atomic mass is 32.2. The number of hydrogen-bond acceptors (Lipinski definition) is 3. The van der Waals surface area contributed by atoms with E-state index in [9.17, 15) is 8.42 Å². The van der Waals surface area contributed by atoms with Crippen molar-refractivity contribution in [3.05, 3.63) is 59.2 Å². The molecule has 2 aromatic carbocycles. The molecule has 2 aromatic rings. The monoisotopic (exact) mass is 428 g/mol. The Bertz CT molecular complexity index is 964. The first-order valence-corrected chi connectivity index (χ1v) is 12.7. The normalized spacial score (nSPS) is 18.2. The van der Waals surface area contributed by atoms with Crippen molar-refractivity contribution in [1.82, 2.24) is 4.72 Å². The number of quaternary nitrogens is 1. The second kappa shape index (κ2) is 9.08. The predicted molar refractivity (Wildman–Crippen MR) is 122 cm³/mol. The summed E-state index contributed by atoms with van der Waals surface area (Å²) in [6.07, 6.45) is 6.81. The molecular weight excluding hydrogens is 394 g/mol. The van der Waals surface area contributed by atoms with Gasteiger partial charge in [0.05, 0.1) is 24.5 Å². The molecule has 30 heavy (non-hydrogen) atoms. The number of hydrogen-bond donors (Lipinski definition) is 2. The molecule has 0 spiro atoms. The second-order valence-corrected chi connectivity index (χ2v) is 10.7. The Labute approximate surface area is 181 Å². The topological polar surface area (TPSA) is 53.9 Å². The van der Waals surface area contributed by atoms with Gasteiger partial charge in [-0.05, 0) is 61.1 Å². The molecule has 2 N–H and O–H groups in total. The zero-order valence-electron chi connectivity index (χ0n) is 18.2. The number of fused-ring (bicyclic) bond motifs is 1. The Hall–Kier alpha value is -1.89. The maximum absolute atomic E-state index is 13.1. The quantitative estimate of drug-likeness (QED) is 0.712. The van der Waals surface area contributed by atoms with E-state index >= 15 is 0 Å². The maximum atomic E-state index is 13.1. The van der Waals surface area contributed by atoms with Gasteiger partial charge in [-0.15, -0.1) is 0 Å². The summed E-state index contributed by atoms with van der Waals surface area (Å²) < 4.78 is 29.1. The van der Waals surface area contributed by atoms with E-state index < -0.39 is 10.0 Å². The predicted octanol–water partition coefficient (Wildman–Crippen LogP) is 2.33. The van der Waals surface area contributed by atoms with Crippen LogP contribution in [0.15, 0.2) is 47.4 Å². The van der Waals surface area contributed by atoms with Crippen molar-refractivity contribution < 1.29 is 13.3 Å². The standard InChI is InChI=1S/C24H33N3O2S/c1-26(2)22-12-9-20(10-13-22)24(27-15-5-6-16-27)18-25-30(28,29)23-14-11-19-7-3-4-8-21(19)17-23/h9-14,17,24-25H,3-8,15-16,18H2,1-2H3/p+1/t24-/m1/s1. The Morgan fingerprint density at radius 1 is 0.933 bits per heavy atom. The van der Waals surface area contributed by atoms with E-state index in [0.29, 0.717) is 11.4 Å². The number of sulfonamides is 1. The number of nitrogens with one attached hydrogen (secondary N) is 2. The van der Waals surface area contributed by atoms with Crippen LogP contribution in [0, 0.1) is 0 Å². The van der Waals surface area contributed by atoms with Crippen LogP contribution < -0.4 is 14.5 Å². The lowest BCUT2D eigenvalue weighted by atomic mass is 9.92. The molecule has 0 unspecified atom stereocenters. The lowest BCUT2D eigenvalue weighted by Gasteiger charge is -2.26. The van der Waals surface area contributed by atoms with Gasteiger partial charge in [-0.25, -0.2) is 13.1 Å². The SMILES string of the molecule is CN(C)c1ccc([C@@H](CNS(=O)(=O)c2ccc3c(c2)CCCC3)[NH+]2CCCC2)cc1. The van der Waals surface area contributed by atoms with Crippen molar-refractivity contribution in [3.8, 4) is 0 Å². The Balaban J connectivity index is 1.53. The largest absolute Gasteiger partial charge is 0.378 e. The number of benzene rings is 2. The molecule has 1 saturated heterocycles. The van der Waals surface area contributed by atoms with Gasteiger partial charge >= 0.3 is 0 Å².